The van der Waals surface area contributed by atoms with E-state index in [0.29, 0.717) is 36.8 Å². The molecule has 5 aromatic rings. The van der Waals surface area contributed by atoms with Gasteiger partial charge in [0.25, 0.3) is 5.91 Å². The number of rotatable bonds is 17. The fourth-order valence-electron chi connectivity index (χ4n) is 8.77. The Labute approximate surface area is 436 Å². The molecule has 0 aliphatic carbocycles. The van der Waals surface area contributed by atoms with Gasteiger partial charge >= 0.3 is 6.18 Å². The maximum absolute atomic E-state index is 15.8. The van der Waals surface area contributed by atoms with Crippen LogP contribution in [0.15, 0.2) is 66.3 Å². The highest BCUT2D eigenvalue weighted by molar-refractivity contribution is 7.81. The number of hydrogen-bond donors (Lipinski definition) is 2. The van der Waals surface area contributed by atoms with Crippen molar-refractivity contribution < 1.29 is 59.4 Å². The Morgan fingerprint density at radius 1 is 0.960 bits per heavy atom. The maximum atomic E-state index is 15.8. The van der Waals surface area contributed by atoms with Crippen LogP contribution in [0.4, 0.5) is 42.1 Å². The minimum Gasteiger partial charge on any atom is -0.488 e. The number of likely N-dealkylation sites (tertiary alicyclic amines) is 1. The molecular weight excluding hydrogens is 1030 g/mol. The number of aromatic nitrogens is 2. The number of ether oxygens (including phenoxy) is 2. The third-order valence-corrected chi connectivity index (χ3v) is 14.0. The Morgan fingerprint density at radius 3 is 2.25 bits per heavy atom. The molecule has 0 bridgehead atoms. The number of nitrogens with one attached hydrogen (secondary N) is 2. The highest BCUT2D eigenvalue weighted by Gasteiger charge is 2.52. The van der Waals surface area contributed by atoms with Gasteiger partial charge in [0, 0.05) is 31.3 Å². The lowest BCUT2D eigenvalue weighted by Gasteiger charge is -2.35. The van der Waals surface area contributed by atoms with E-state index in [1.54, 1.807) is 37.6 Å². The number of halogens is 7. The summed E-state index contributed by atoms with van der Waals surface area (Å²) in [5, 5.41) is 14.3. The molecule has 7 rings (SSSR count). The normalized spacial score (nSPS) is 16.1. The summed E-state index contributed by atoms with van der Waals surface area (Å²) in [6.07, 6.45) is -2.68. The van der Waals surface area contributed by atoms with Crippen molar-refractivity contribution in [1.82, 2.24) is 25.5 Å². The van der Waals surface area contributed by atoms with Gasteiger partial charge in [-0.25, -0.2) is 22.5 Å². The molecule has 2 atom stereocenters. The van der Waals surface area contributed by atoms with Crippen LogP contribution < -0.4 is 25.2 Å². The molecule has 4 heterocycles. The van der Waals surface area contributed by atoms with E-state index in [4.69, 9.17) is 27.0 Å². The number of amides is 4. The molecule has 4 amide bonds. The number of pyridine rings is 1. The minimum atomic E-state index is -5.30. The number of nitriles is 1. The van der Waals surface area contributed by atoms with Gasteiger partial charge in [-0.1, -0.05) is 45.0 Å². The molecule has 2 unspecified atom stereocenters. The summed E-state index contributed by atoms with van der Waals surface area (Å²) in [5.41, 5.74) is -2.69. The second-order valence-electron chi connectivity index (χ2n) is 19.4. The van der Waals surface area contributed by atoms with Gasteiger partial charge in [0.05, 0.1) is 51.9 Å². The second-order valence-corrected chi connectivity index (χ2v) is 20.6. The average molecular weight is 1080 g/mol. The molecular formula is C52H51F7N8O6S2. The van der Waals surface area contributed by atoms with Crippen LogP contribution >= 0.6 is 23.6 Å². The largest absolute Gasteiger partial charge is 0.488 e. The van der Waals surface area contributed by atoms with Crippen LogP contribution in [0.1, 0.15) is 82.7 Å². The van der Waals surface area contributed by atoms with Gasteiger partial charge in [-0.3, -0.25) is 29.1 Å². The highest BCUT2D eigenvalue weighted by atomic mass is 32.1. The lowest BCUT2D eigenvalue weighted by molar-refractivity contribution is -0.144. The molecule has 2 N–H and O–H groups in total. The third kappa shape index (κ3) is 11.9. The van der Waals surface area contributed by atoms with Gasteiger partial charge in [-0.2, -0.15) is 18.4 Å². The lowest BCUT2D eigenvalue weighted by atomic mass is 9.85. The van der Waals surface area contributed by atoms with Crippen LogP contribution in [0.25, 0.3) is 21.7 Å². The zero-order valence-corrected chi connectivity index (χ0v) is 43.1. The van der Waals surface area contributed by atoms with Gasteiger partial charge < -0.3 is 29.9 Å². The number of hydrogen-bond acceptors (Lipinski definition) is 11. The SMILES string of the molecule is Cc1ncsc1-c1ccc(CNC(=O)C2CCCN2C(=O)C(NC(=O)COCCCCOc2c(F)cc(-c3ncc(N4C(=S)N(c5ccc(C#N)c(C(F)(F)F)c5F)C(=O)C4(C)C)cc3F)cc2F)C(C)(C)C)cc1. The molecule has 75 heavy (non-hydrogen) atoms. The predicted molar refractivity (Wildman–Crippen MR) is 268 cm³/mol. The van der Waals surface area contributed by atoms with Gasteiger partial charge in [-0.05, 0) is 99.5 Å². The number of thiocarbonyl (C=S) groups is 1. The topological polar surface area (TPSA) is 170 Å². The standard InChI is InChI=1S/C52H51F7N8O6S2/c1-28-44(75-27-63-28)30-13-11-29(12-14-30)24-62-46(69)38-10-9-17-65(38)47(70)45(50(2,3)4)64-39(68)26-72-18-7-8-19-73-43-35(54)20-32(21-36(43)55)42-34(53)22-33(25-61-42)67-49(74)66(48(71)51(67,5)6)37-16-15-31(23-60)40(41(37)56)52(57,58)59/h11-16,20-22,25,27,38,45H,7-10,17-19,24,26H2,1-6H3,(H,62,69)(H,64,68). The number of carbonyl (C=O) groups excluding carboxylic acids is 4. The Morgan fingerprint density at radius 2 is 1.64 bits per heavy atom. The van der Waals surface area contributed by atoms with Crippen LogP contribution in [-0.2, 0) is 36.6 Å². The van der Waals surface area contributed by atoms with Crippen LogP contribution in [0, 0.1) is 46.9 Å². The molecule has 23 heteroatoms. The van der Waals surface area contributed by atoms with E-state index in [0.717, 1.165) is 57.1 Å². The van der Waals surface area contributed by atoms with E-state index >= 15 is 17.6 Å². The Balaban J connectivity index is 0.882. The molecule has 396 valence electrons. The number of benzene rings is 3. The smallest absolute Gasteiger partial charge is 0.420 e. The van der Waals surface area contributed by atoms with Gasteiger partial charge in [0.15, 0.2) is 34.1 Å². The van der Waals surface area contributed by atoms with Crippen molar-refractivity contribution in [3.63, 3.8) is 0 Å². The Hall–Kier alpha value is -7.03. The zero-order valence-electron chi connectivity index (χ0n) is 41.5. The summed E-state index contributed by atoms with van der Waals surface area (Å²) in [6, 6.07) is 11.3. The van der Waals surface area contributed by atoms with E-state index in [-0.39, 0.29) is 49.2 Å². The first-order valence-corrected chi connectivity index (χ1v) is 24.8. The highest BCUT2D eigenvalue weighted by Crippen LogP contribution is 2.43. The van der Waals surface area contributed by atoms with Crippen molar-refractivity contribution in [2.75, 3.05) is 36.2 Å². The summed E-state index contributed by atoms with van der Waals surface area (Å²) < 4.78 is 114. The van der Waals surface area contributed by atoms with E-state index in [1.807, 2.05) is 31.2 Å². The van der Waals surface area contributed by atoms with Crippen molar-refractivity contribution in [3.05, 3.63) is 112 Å². The quantitative estimate of drug-likeness (QED) is 0.0517. The molecule has 14 nitrogen and oxygen atoms in total. The number of anilines is 2. The minimum absolute atomic E-state index is 0.0502. The first kappa shape index (κ1) is 55.7. The summed E-state index contributed by atoms with van der Waals surface area (Å²) in [6.45, 7) is 10.0. The summed E-state index contributed by atoms with van der Waals surface area (Å²) in [7, 11) is 0. The summed E-state index contributed by atoms with van der Waals surface area (Å²) in [5.74, 6) is -8.44. The van der Waals surface area contributed by atoms with Gasteiger partial charge in [0.2, 0.25) is 17.7 Å². The number of aryl methyl sites for hydroxylation is 1. The van der Waals surface area contributed by atoms with Crippen molar-refractivity contribution in [2.24, 2.45) is 5.41 Å². The van der Waals surface area contributed by atoms with Crippen molar-refractivity contribution in [1.29, 1.82) is 5.26 Å². The van der Waals surface area contributed by atoms with Crippen LogP contribution in [0.3, 0.4) is 0 Å². The first-order valence-electron chi connectivity index (χ1n) is 23.6. The average Bonchev–Trinajstić information content (AvgIpc) is 4.06. The van der Waals surface area contributed by atoms with Crippen LogP contribution in [-0.4, -0.2) is 87.6 Å². The predicted octanol–water partition coefficient (Wildman–Crippen LogP) is 9.56. The fraction of sp³-hybridized carbons (Fsp3) is 0.385. The molecule has 2 saturated heterocycles. The molecule has 0 radical (unpaired) electrons. The van der Waals surface area contributed by atoms with E-state index in [1.165, 1.54) is 24.8 Å². The van der Waals surface area contributed by atoms with E-state index in [2.05, 4.69) is 20.6 Å². The van der Waals surface area contributed by atoms with Crippen molar-refractivity contribution >= 4 is 63.7 Å². The molecule has 0 spiro atoms. The molecule has 2 aliphatic heterocycles. The first-order chi connectivity index (χ1) is 35.3. The zero-order chi connectivity index (χ0) is 54.7. The number of alkyl halides is 3. The summed E-state index contributed by atoms with van der Waals surface area (Å²) in [4.78, 5) is 66.4. The number of thiazole rings is 1. The molecule has 2 aliphatic rings. The lowest BCUT2D eigenvalue weighted by Crippen LogP contribution is -2.58. The van der Waals surface area contributed by atoms with E-state index in [9.17, 15) is 32.3 Å². The van der Waals surface area contributed by atoms with Gasteiger partial charge in [0.1, 0.15) is 35.5 Å². The molecule has 3 aromatic carbocycles. The third-order valence-electron chi connectivity index (χ3n) is 12.6. The van der Waals surface area contributed by atoms with Gasteiger partial charge in [-0.15, -0.1) is 11.3 Å². The number of unbranched alkanes of at least 4 members (excludes halogenated alkanes) is 1. The monoisotopic (exact) mass is 1080 g/mol. The summed E-state index contributed by atoms with van der Waals surface area (Å²) >= 11 is 6.95. The Bertz CT molecular complexity index is 3040. The number of nitrogens with zero attached hydrogens (tertiary/aromatic N) is 6. The van der Waals surface area contributed by atoms with Crippen molar-refractivity contribution in [3.8, 4) is 33.5 Å². The van der Waals surface area contributed by atoms with Crippen LogP contribution in [0.2, 0.25) is 0 Å². The fourth-order valence-corrected chi connectivity index (χ4v) is 10.1. The second kappa shape index (κ2) is 22.4. The van der Waals surface area contributed by atoms with E-state index < -0.39 is 104 Å². The number of carbonyl (C=O) groups is 4. The molecule has 0 saturated carbocycles. The van der Waals surface area contributed by atoms with Crippen LogP contribution in [0.5, 0.6) is 5.75 Å². The molecule has 2 aromatic heterocycles. The maximum Gasteiger partial charge on any atom is 0.420 e. The van der Waals surface area contributed by atoms with Crippen molar-refractivity contribution in [2.45, 2.75) is 97.6 Å². The molecule has 2 fully saturated rings. The Kier molecular flexibility index (Phi) is 16.7.